The minimum atomic E-state index is 0.0334. The van der Waals surface area contributed by atoms with E-state index >= 15 is 0 Å². The van der Waals surface area contributed by atoms with Gasteiger partial charge in [0.15, 0.2) is 0 Å². The molecule has 1 aromatic heterocycles. The Balaban J connectivity index is 2.05. The molecule has 1 atom stereocenters. The Morgan fingerprint density at radius 1 is 1.32 bits per heavy atom. The molecule has 2 N–H and O–H groups in total. The molecule has 0 aliphatic rings. The third-order valence-electron chi connectivity index (χ3n) is 3.55. The lowest BCUT2D eigenvalue weighted by Gasteiger charge is -2.16. The predicted molar refractivity (Wildman–Crippen MR) is 79.4 cm³/mol. The van der Waals surface area contributed by atoms with Crippen LogP contribution in [0.3, 0.4) is 0 Å². The van der Waals surface area contributed by atoms with Gasteiger partial charge in [0.25, 0.3) is 5.91 Å². The first-order valence-corrected chi connectivity index (χ1v) is 7.12. The molecule has 102 valence electrons. The van der Waals surface area contributed by atoms with E-state index in [0.717, 1.165) is 35.7 Å². The molecule has 3 nitrogen and oxygen atoms in total. The molecular formula is C16H22N2O. The van der Waals surface area contributed by atoms with E-state index in [1.54, 1.807) is 0 Å². The number of H-pyrrole nitrogens is 1. The number of unbranched alkanes of at least 4 members (excludes halogenated alkanes) is 1. The van der Waals surface area contributed by atoms with E-state index < -0.39 is 0 Å². The van der Waals surface area contributed by atoms with E-state index in [1.807, 2.05) is 30.5 Å². The zero-order valence-electron chi connectivity index (χ0n) is 11.7. The summed E-state index contributed by atoms with van der Waals surface area (Å²) in [6.45, 7) is 4.30. The topological polar surface area (TPSA) is 44.9 Å². The van der Waals surface area contributed by atoms with Gasteiger partial charge in [0.05, 0.1) is 0 Å². The summed E-state index contributed by atoms with van der Waals surface area (Å²) in [6, 6.07) is 8.04. The number of amides is 1. The lowest BCUT2D eigenvalue weighted by molar-refractivity contribution is 0.0933. The van der Waals surface area contributed by atoms with Crippen LogP contribution in [0.5, 0.6) is 0 Å². The summed E-state index contributed by atoms with van der Waals surface area (Å²) in [4.78, 5) is 15.4. The van der Waals surface area contributed by atoms with E-state index in [-0.39, 0.29) is 11.9 Å². The molecule has 1 aromatic carbocycles. The van der Waals surface area contributed by atoms with Crippen molar-refractivity contribution in [2.24, 2.45) is 0 Å². The molecule has 0 aliphatic carbocycles. The highest BCUT2D eigenvalue weighted by Gasteiger charge is 2.12. The summed E-state index contributed by atoms with van der Waals surface area (Å²) in [5.74, 6) is 0.0334. The number of nitrogens with one attached hydrogen (secondary N) is 2. The van der Waals surface area contributed by atoms with Gasteiger partial charge < -0.3 is 10.3 Å². The van der Waals surface area contributed by atoms with Crippen LogP contribution in [0.15, 0.2) is 30.5 Å². The second kappa shape index (κ2) is 6.41. The van der Waals surface area contributed by atoms with Gasteiger partial charge in [-0.3, -0.25) is 4.79 Å². The largest absolute Gasteiger partial charge is 0.361 e. The Bertz CT molecular complexity index is 544. The van der Waals surface area contributed by atoms with Gasteiger partial charge in [0, 0.05) is 28.7 Å². The Morgan fingerprint density at radius 2 is 2.16 bits per heavy atom. The molecule has 0 spiro atoms. The van der Waals surface area contributed by atoms with Crippen LogP contribution in [-0.4, -0.2) is 16.9 Å². The molecule has 2 rings (SSSR count). The van der Waals surface area contributed by atoms with Gasteiger partial charge in [-0.05, 0) is 37.1 Å². The minimum Gasteiger partial charge on any atom is -0.361 e. The smallest absolute Gasteiger partial charge is 0.251 e. The summed E-state index contributed by atoms with van der Waals surface area (Å²) in [5, 5.41) is 4.20. The van der Waals surface area contributed by atoms with Crippen LogP contribution in [0.25, 0.3) is 10.9 Å². The standard InChI is InChI=1S/C16H22N2O/c1-3-5-6-14(4-2)18-16(19)13-7-8-15-12(11-13)9-10-17-15/h7-11,14,17H,3-6H2,1-2H3,(H,18,19). The number of fused-ring (bicyclic) bond motifs is 1. The molecule has 19 heavy (non-hydrogen) atoms. The van der Waals surface area contributed by atoms with Gasteiger partial charge in [-0.25, -0.2) is 0 Å². The normalized spacial score (nSPS) is 12.5. The van der Waals surface area contributed by atoms with E-state index in [0.29, 0.717) is 0 Å². The van der Waals surface area contributed by atoms with Crippen LogP contribution in [0.4, 0.5) is 0 Å². The summed E-state index contributed by atoms with van der Waals surface area (Å²) in [5.41, 5.74) is 1.80. The molecule has 0 saturated carbocycles. The van der Waals surface area contributed by atoms with Gasteiger partial charge in [-0.1, -0.05) is 26.7 Å². The SMILES string of the molecule is CCCCC(CC)NC(=O)c1ccc2[nH]ccc2c1. The van der Waals surface area contributed by atoms with Crippen molar-refractivity contribution in [1.29, 1.82) is 0 Å². The maximum atomic E-state index is 12.2. The Labute approximate surface area is 114 Å². The highest BCUT2D eigenvalue weighted by atomic mass is 16.1. The number of hydrogen-bond donors (Lipinski definition) is 2. The Hall–Kier alpha value is -1.77. The van der Waals surface area contributed by atoms with Crippen LogP contribution < -0.4 is 5.32 Å². The van der Waals surface area contributed by atoms with Crippen molar-refractivity contribution >= 4 is 16.8 Å². The van der Waals surface area contributed by atoms with E-state index in [9.17, 15) is 4.79 Å². The fourth-order valence-electron chi connectivity index (χ4n) is 2.29. The van der Waals surface area contributed by atoms with Crippen molar-refractivity contribution in [1.82, 2.24) is 10.3 Å². The first kappa shape index (κ1) is 13.7. The average molecular weight is 258 g/mol. The molecule has 1 heterocycles. The van der Waals surface area contributed by atoms with Crippen molar-refractivity contribution in [2.75, 3.05) is 0 Å². The fraction of sp³-hybridized carbons (Fsp3) is 0.438. The summed E-state index contributed by atoms with van der Waals surface area (Å²) >= 11 is 0. The summed E-state index contributed by atoms with van der Waals surface area (Å²) < 4.78 is 0. The van der Waals surface area contributed by atoms with E-state index in [4.69, 9.17) is 0 Å². The van der Waals surface area contributed by atoms with Gasteiger partial charge in [0.2, 0.25) is 0 Å². The van der Waals surface area contributed by atoms with Crippen LogP contribution in [0, 0.1) is 0 Å². The number of rotatable bonds is 6. The highest BCUT2D eigenvalue weighted by Crippen LogP contribution is 2.15. The monoisotopic (exact) mass is 258 g/mol. The molecular weight excluding hydrogens is 236 g/mol. The van der Waals surface area contributed by atoms with Crippen LogP contribution >= 0.6 is 0 Å². The number of aromatic amines is 1. The van der Waals surface area contributed by atoms with Gasteiger partial charge in [-0.15, -0.1) is 0 Å². The lowest BCUT2D eigenvalue weighted by Crippen LogP contribution is -2.34. The second-order valence-electron chi connectivity index (χ2n) is 5.00. The summed E-state index contributed by atoms with van der Waals surface area (Å²) in [7, 11) is 0. The molecule has 0 saturated heterocycles. The van der Waals surface area contributed by atoms with Crippen molar-refractivity contribution in [3.63, 3.8) is 0 Å². The average Bonchev–Trinajstić information content (AvgIpc) is 2.90. The summed E-state index contributed by atoms with van der Waals surface area (Å²) in [6.07, 6.45) is 6.27. The van der Waals surface area contributed by atoms with Crippen LogP contribution in [-0.2, 0) is 0 Å². The van der Waals surface area contributed by atoms with Gasteiger partial charge in [0.1, 0.15) is 0 Å². The Morgan fingerprint density at radius 3 is 2.89 bits per heavy atom. The third kappa shape index (κ3) is 3.37. The molecule has 0 fully saturated rings. The number of carbonyl (C=O) groups is 1. The predicted octanol–water partition coefficient (Wildman–Crippen LogP) is 3.87. The molecule has 1 unspecified atom stereocenters. The highest BCUT2D eigenvalue weighted by molar-refractivity contribution is 5.98. The molecule has 2 aromatic rings. The molecule has 3 heteroatoms. The van der Waals surface area contributed by atoms with Crippen molar-refractivity contribution in [2.45, 2.75) is 45.6 Å². The molecule has 0 aliphatic heterocycles. The molecule has 0 bridgehead atoms. The number of carbonyl (C=O) groups excluding carboxylic acids is 1. The lowest BCUT2D eigenvalue weighted by atomic mass is 10.1. The Kier molecular flexibility index (Phi) is 4.61. The maximum absolute atomic E-state index is 12.2. The van der Waals surface area contributed by atoms with E-state index in [2.05, 4.69) is 24.1 Å². The maximum Gasteiger partial charge on any atom is 0.251 e. The molecule has 1 amide bonds. The minimum absolute atomic E-state index is 0.0334. The number of hydrogen-bond acceptors (Lipinski definition) is 1. The third-order valence-corrected chi connectivity index (χ3v) is 3.55. The second-order valence-corrected chi connectivity index (χ2v) is 5.00. The zero-order chi connectivity index (χ0) is 13.7. The number of aromatic nitrogens is 1. The number of benzene rings is 1. The van der Waals surface area contributed by atoms with Crippen molar-refractivity contribution in [3.8, 4) is 0 Å². The quantitative estimate of drug-likeness (QED) is 0.811. The van der Waals surface area contributed by atoms with Crippen LogP contribution in [0.1, 0.15) is 49.9 Å². The van der Waals surface area contributed by atoms with Gasteiger partial charge >= 0.3 is 0 Å². The van der Waals surface area contributed by atoms with E-state index in [1.165, 1.54) is 6.42 Å². The van der Waals surface area contributed by atoms with Gasteiger partial charge in [-0.2, -0.15) is 0 Å². The fourth-order valence-corrected chi connectivity index (χ4v) is 2.29. The molecule has 0 radical (unpaired) electrons. The zero-order valence-corrected chi connectivity index (χ0v) is 11.7. The van der Waals surface area contributed by atoms with Crippen molar-refractivity contribution in [3.05, 3.63) is 36.0 Å². The first-order chi connectivity index (χ1) is 9.24. The van der Waals surface area contributed by atoms with Crippen LogP contribution in [0.2, 0.25) is 0 Å². The first-order valence-electron chi connectivity index (χ1n) is 7.12. The van der Waals surface area contributed by atoms with Crippen molar-refractivity contribution < 1.29 is 4.79 Å².